The van der Waals surface area contributed by atoms with E-state index in [4.69, 9.17) is 19.2 Å². The molecule has 0 aliphatic heterocycles. The lowest BCUT2D eigenvalue weighted by molar-refractivity contribution is -0.139. The van der Waals surface area contributed by atoms with E-state index < -0.39 is 5.97 Å². The van der Waals surface area contributed by atoms with Gasteiger partial charge in [0.05, 0.1) is 29.0 Å². The number of hydrogen-bond donors (Lipinski definition) is 0. The molecule has 0 fully saturated rings. The van der Waals surface area contributed by atoms with Crippen LogP contribution < -0.4 is 9.47 Å². The maximum Gasteiger partial charge on any atom is 0.343 e. The predicted molar refractivity (Wildman–Crippen MR) is 176 cm³/mol. The topological polar surface area (TPSA) is 74.7 Å². The second kappa shape index (κ2) is 14.6. The van der Waals surface area contributed by atoms with Crippen molar-refractivity contribution in [1.82, 2.24) is 4.98 Å². The molecule has 7 heteroatoms. The minimum absolute atomic E-state index is 0.340. The molecule has 4 aromatic carbocycles. The molecule has 0 N–H and O–H groups in total. The minimum Gasteiger partial charge on any atom is -0.494 e. The molecule has 0 radical (unpaired) electrons. The summed E-state index contributed by atoms with van der Waals surface area (Å²) in [5, 5.41) is 0.915. The van der Waals surface area contributed by atoms with Crippen LogP contribution in [0.1, 0.15) is 48.5 Å². The van der Waals surface area contributed by atoms with E-state index in [1.165, 1.54) is 16.7 Å². The molecule has 0 aliphatic carbocycles. The number of carbonyl (C=O) groups excluding carboxylic acids is 2. The largest absolute Gasteiger partial charge is 0.494 e. The second-order valence-corrected chi connectivity index (χ2v) is 11.7. The fourth-order valence-corrected chi connectivity index (χ4v) is 5.54. The molecule has 0 amide bonds. The van der Waals surface area contributed by atoms with E-state index in [9.17, 15) is 9.59 Å². The lowest BCUT2D eigenvalue weighted by Gasteiger charge is -2.08. The Kier molecular flexibility index (Phi) is 10.2. The van der Waals surface area contributed by atoms with E-state index >= 15 is 0 Å². The molecule has 1 aromatic heterocycles. The van der Waals surface area contributed by atoms with Crippen molar-refractivity contribution >= 4 is 33.5 Å². The molecule has 6 nitrogen and oxygen atoms in total. The summed E-state index contributed by atoms with van der Waals surface area (Å²) in [6.07, 6.45) is 3.63. The number of rotatable bonds is 13. The minimum atomic E-state index is -0.430. The molecule has 44 heavy (non-hydrogen) atoms. The first-order valence-electron chi connectivity index (χ1n) is 14.7. The summed E-state index contributed by atoms with van der Waals surface area (Å²) in [5.41, 5.74) is 6.39. The Morgan fingerprint density at radius 1 is 0.750 bits per heavy atom. The normalized spacial score (nSPS) is 10.9. The first-order valence-corrected chi connectivity index (χ1v) is 15.5. The number of aromatic nitrogens is 1. The zero-order chi connectivity index (χ0) is 30.9. The van der Waals surface area contributed by atoms with E-state index in [2.05, 4.69) is 56.0 Å². The third-order valence-corrected chi connectivity index (χ3v) is 8.13. The second-order valence-electron chi connectivity index (χ2n) is 10.7. The van der Waals surface area contributed by atoms with Gasteiger partial charge in [-0.05, 0) is 111 Å². The molecule has 0 saturated carbocycles. The summed E-state index contributed by atoms with van der Waals surface area (Å²) in [6, 6.07) is 29.3. The van der Waals surface area contributed by atoms with Gasteiger partial charge in [-0.15, -0.1) is 11.3 Å². The van der Waals surface area contributed by atoms with Gasteiger partial charge in [-0.3, -0.25) is 0 Å². The monoisotopic (exact) mass is 605 g/mol. The van der Waals surface area contributed by atoms with Crippen molar-refractivity contribution in [2.75, 3.05) is 13.2 Å². The molecule has 224 valence electrons. The lowest BCUT2D eigenvalue weighted by atomic mass is 10.0. The average molecular weight is 606 g/mol. The van der Waals surface area contributed by atoms with Crippen LogP contribution >= 0.6 is 11.3 Å². The van der Waals surface area contributed by atoms with Crippen molar-refractivity contribution in [3.8, 4) is 33.2 Å². The van der Waals surface area contributed by atoms with Crippen molar-refractivity contribution in [1.29, 1.82) is 0 Å². The maximum atomic E-state index is 12.7. The van der Waals surface area contributed by atoms with Gasteiger partial charge in [0.25, 0.3) is 0 Å². The van der Waals surface area contributed by atoms with E-state index in [-0.39, 0.29) is 5.97 Å². The van der Waals surface area contributed by atoms with Crippen LogP contribution in [0.2, 0.25) is 0 Å². The van der Waals surface area contributed by atoms with E-state index in [0.29, 0.717) is 35.8 Å². The Morgan fingerprint density at radius 3 is 2.09 bits per heavy atom. The molecule has 0 bridgehead atoms. The molecule has 5 rings (SSSR count). The summed E-state index contributed by atoms with van der Waals surface area (Å²) in [4.78, 5) is 28.9. The van der Waals surface area contributed by atoms with Crippen LogP contribution in [0.5, 0.6) is 11.5 Å². The number of esters is 2. The summed E-state index contributed by atoms with van der Waals surface area (Å²) >= 11 is 1.64. The molecule has 0 unspecified atom stereocenters. The van der Waals surface area contributed by atoms with Gasteiger partial charge in [0, 0.05) is 11.1 Å². The van der Waals surface area contributed by atoms with Crippen molar-refractivity contribution in [2.45, 2.75) is 39.5 Å². The van der Waals surface area contributed by atoms with Crippen LogP contribution in [-0.2, 0) is 9.53 Å². The van der Waals surface area contributed by atoms with Crippen molar-refractivity contribution in [3.63, 3.8) is 0 Å². The highest BCUT2D eigenvalue weighted by Crippen LogP contribution is 2.34. The fourth-order valence-electron chi connectivity index (χ4n) is 4.53. The molecular formula is C37H35NO5S. The summed E-state index contributed by atoms with van der Waals surface area (Å²) in [6.45, 7) is 8.28. The summed E-state index contributed by atoms with van der Waals surface area (Å²) in [7, 11) is 0. The molecule has 0 atom stereocenters. The number of hydrogen-bond acceptors (Lipinski definition) is 7. The average Bonchev–Trinajstić information content (AvgIpc) is 3.47. The Hall–Kier alpha value is -4.75. The van der Waals surface area contributed by atoms with Gasteiger partial charge < -0.3 is 14.2 Å². The van der Waals surface area contributed by atoms with Crippen LogP contribution in [0.25, 0.3) is 31.9 Å². The molecule has 1 heterocycles. The quantitative estimate of drug-likeness (QED) is 0.0576. The van der Waals surface area contributed by atoms with Gasteiger partial charge in [0.2, 0.25) is 0 Å². The van der Waals surface area contributed by atoms with Gasteiger partial charge in [-0.2, -0.15) is 0 Å². The van der Waals surface area contributed by atoms with E-state index in [1.807, 2.05) is 12.1 Å². The maximum absolute atomic E-state index is 12.7. The number of benzene rings is 4. The number of fused-ring (bicyclic) bond motifs is 1. The smallest absolute Gasteiger partial charge is 0.343 e. The lowest BCUT2D eigenvalue weighted by Crippen LogP contribution is -2.08. The zero-order valence-electron chi connectivity index (χ0n) is 25.0. The third-order valence-electron chi connectivity index (χ3n) is 7.06. The molecule has 5 aromatic rings. The third kappa shape index (κ3) is 8.20. The highest BCUT2D eigenvalue weighted by Gasteiger charge is 2.12. The summed E-state index contributed by atoms with van der Waals surface area (Å²) < 4.78 is 17.6. The Labute approximate surface area is 261 Å². The molecule has 0 saturated heterocycles. The van der Waals surface area contributed by atoms with Crippen LogP contribution in [0.3, 0.4) is 0 Å². The Morgan fingerprint density at radius 2 is 1.39 bits per heavy atom. The van der Waals surface area contributed by atoms with Gasteiger partial charge in [-0.25, -0.2) is 14.6 Å². The number of aryl methyl sites for hydroxylation is 1. The Bertz CT molecular complexity index is 1740. The number of nitrogens with zero attached hydrogens (tertiary/aromatic N) is 1. The number of carbonyl (C=O) groups is 2. The molecule has 0 aliphatic rings. The number of ether oxygens (including phenoxy) is 3. The van der Waals surface area contributed by atoms with Crippen molar-refractivity contribution < 1.29 is 23.8 Å². The van der Waals surface area contributed by atoms with Crippen LogP contribution in [0.15, 0.2) is 103 Å². The van der Waals surface area contributed by atoms with Crippen LogP contribution in [0.4, 0.5) is 0 Å². The summed E-state index contributed by atoms with van der Waals surface area (Å²) in [5.74, 6) is 0.395. The van der Waals surface area contributed by atoms with Gasteiger partial charge >= 0.3 is 11.9 Å². The van der Waals surface area contributed by atoms with E-state index in [1.54, 1.807) is 54.7 Å². The molecular weight excluding hydrogens is 570 g/mol. The van der Waals surface area contributed by atoms with Crippen molar-refractivity contribution in [3.05, 3.63) is 114 Å². The highest BCUT2D eigenvalue weighted by atomic mass is 32.1. The van der Waals surface area contributed by atoms with Crippen molar-refractivity contribution in [2.24, 2.45) is 0 Å². The number of unbranched alkanes of at least 4 members (excludes halogenated alkanes) is 3. The Balaban J connectivity index is 1.08. The number of thiazole rings is 1. The standard InChI is InChI=1S/C37H35NO5S/c1-25(2)36(39)42-23-7-5-4-6-22-41-31-17-14-29(15-18-31)37(40)43-32-19-12-28(13-20-32)35-38-33-21-16-30(24-34(33)44-35)27-10-8-26(3)9-11-27/h8-21,24H,1,4-7,22-23H2,2-3H3. The van der Waals surface area contributed by atoms with Gasteiger partial charge in [0.1, 0.15) is 16.5 Å². The fraction of sp³-hybridized carbons (Fsp3) is 0.216. The van der Waals surface area contributed by atoms with Crippen LogP contribution in [0, 0.1) is 6.92 Å². The molecule has 0 spiro atoms. The van der Waals surface area contributed by atoms with Gasteiger partial charge in [0.15, 0.2) is 0 Å². The predicted octanol–water partition coefficient (Wildman–Crippen LogP) is 9.22. The highest BCUT2D eigenvalue weighted by molar-refractivity contribution is 7.21. The SMILES string of the molecule is C=C(C)C(=O)OCCCCCCOc1ccc(C(=O)Oc2ccc(-c3nc4ccc(-c5ccc(C)cc5)cc4s3)cc2)cc1. The van der Waals surface area contributed by atoms with Gasteiger partial charge in [-0.1, -0.05) is 42.5 Å². The van der Waals surface area contributed by atoms with Crippen LogP contribution in [-0.4, -0.2) is 30.1 Å². The zero-order valence-corrected chi connectivity index (χ0v) is 25.8. The first kappa shape index (κ1) is 30.7. The first-order chi connectivity index (χ1) is 21.4. The van der Waals surface area contributed by atoms with E-state index in [0.717, 1.165) is 46.5 Å².